The van der Waals surface area contributed by atoms with Crippen molar-refractivity contribution < 1.29 is 17.6 Å². The lowest BCUT2D eigenvalue weighted by atomic mass is 9.95. The molecule has 1 amide bonds. The first-order valence-electron chi connectivity index (χ1n) is 7.59. The van der Waals surface area contributed by atoms with Crippen LogP contribution >= 0.6 is 0 Å². The van der Waals surface area contributed by atoms with Crippen LogP contribution in [0, 0.1) is 12.8 Å². The summed E-state index contributed by atoms with van der Waals surface area (Å²) in [5, 5.41) is -0.178. The van der Waals surface area contributed by atoms with Crippen LogP contribution in [-0.2, 0) is 10.0 Å². The minimum atomic E-state index is -3.66. The number of carbonyl (C=O) groups is 1. The Morgan fingerprint density at radius 1 is 1.45 bits per heavy atom. The van der Waals surface area contributed by atoms with Gasteiger partial charge in [0.2, 0.25) is 5.09 Å². The summed E-state index contributed by atoms with van der Waals surface area (Å²) >= 11 is 0. The van der Waals surface area contributed by atoms with Crippen molar-refractivity contribution in [2.24, 2.45) is 5.92 Å². The van der Waals surface area contributed by atoms with E-state index < -0.39 is 10.0 Å². The van der Waals surface area contributed by atoms with Gasteiger partial charge in [0.1, 0.15) is 5.76 Å². The number of furan rings is 1. The van der Waals surface area contributed by atoms with Crippen LogP contribution in [0.2, 0.25) is 0 Å². The van der Waals surface area contributed by atoms with Crippen LogP contribution < -0.4 is 0 Å². The fourth-order valence-electron chi connectivity index (χ4n) is 2.73. The maximum Gasteiger partial charge on any atom is 0.275 e. The summed E-state index contributed by atoms with van der Waals surface area (Å²) in [5.41, 5.74) is 0.345. The highest BCUT2D eigenvalue weighted by molar-refractivity contribution is 7.88. The molecule has 0 unspecified atom stereocenters. The Morgan fingerprint density at radius 3 is 2.73 bits per heavy atom. The summed E-state index contributed by atoms with van der Waals surface area (Å²) < 4.78 is 30.6. The summed E-state index contributed by atoms with van der Waals surface area (Å²) in [4.78, 5) is 14.5. The Hall–Kier alpha value is -1.34. The quantitative estimate of drug-likeness (QED) is 0.848. The van der Waals surface area contributed by atoms with Gasteiger partial charge in [-0.05, 0) is 25.7 Å². The number of piperidine rings is 1. The largest absolute Gasteiger partial charge is 0.448 e. The first kappa shape index (κ1) is 17.0. The van der Waals surface area contributed by atoms with Gasteiger partial charge in [0.05, 0.1) is 5.56 Å². The van der Waals surface area contributed by atoms with Gasteiger partial charge in [-0.3, -0.25) is 4.79 Å². The molecule has 2 rings (SSSR count). The van der Waals surface area contributed by atoms with E-state index in [-0.39, 0.29) is 11.0 Å². The van der Waals surface area contributed by atoms with Crippen molar-refractivity contribution in [1.29, 1.82) is 0 Å². The number of sulfonamides is 1. The molecule has 7 heteroatoms. The fourth-order valence-corrected chi connectivity index (χ4v) is 3.58. The molecule has 6 nitrogen and oxygen atoms in total. The predicted octanol–water partition coefficient (Wildman–Crippen LogP) is 2.10. The van der Waals surface area contributed by atoms with Crippen molar-refractivity contribution in [3.05, 3.63) is 17.4 Å². The monoisotopic (exact) mass is 328 g/mol. The van der Waals surface area contributed by atoms with Gasteiger partial charge in [-0.1, -0.05) is 13.3 Å². The average Bonchev–Trinajstić information content (AvgIpc) is 2.89. The summed E-state index contributed by atoms with van der Waals surface area (Å²) in [6.07, 6.45) is 3.18. The van der Waals surface area contributed by atoms with E-state index in [1.54, 1.807) is 6.92 Å². The lowest BCUT2D eigenvalue weighted by Gasteiger charge is -2.32. The first-order chi connectivity index (χ1) is 10.3. The maximum atomic E-state index is 12.6. The third kappa shape index (κ3) is 3.20. The molecule has 1 aromatic heterocycles. The lowest BCUT2D eigenvalue weighted by Crippen LogP contribution is -2.39. The molecule has 2 heterocycles. The van der Waals surface area contributed by atoms with Crippen LogP contribution in [0.5, 0.6) is 0 Å². The highest BCUT2D eigenvalue weighted by atomic mass is 32.2. The Labute approximate surface area is 132 Å². The van der Waals surface area contributed by atoms with Gasteiger partial charge in [0.15, 0.2) is 0 Å². The van der Waals surface area contributed by atoms with E-state index >= 15 is 0 Å². The topological polar surface area (TPSA) is 70.8 Å². The van der Waals surface area contributed by atoms with Gasteiger partial charge in [0.25, 0.3) is 15.9 Å². The SMILES string of the molecule is CC[C@H]1CCCN(C(=O)c2cc(S(=O)(=O)N(C)C)oc2C)C1. The number of likely N-dealkylation sites (tertiary alicyclic amines) is 1. The summed E-state index contributed by atoms with van der Waals surface area (Å²) in [6.45, 7) is 5.21. The molecular weight excluding hydrogens is 304 g/mol. The lowest BCUT2D eigenvalue weighted by molar-refractivity contribution is 0.0669. The molecule has 0 aliphatic carbocycles. The number of hydrogen-bond donors (Lipinski definition) is 0. The van der Waals surface area contributed by atoms with Crippen LogP contribution in [0.4, 0.5) is 0 Å². The van der Waals surface area contributed by atoms with Crippen molar-refractivity contribution in [3.8, 4) is 0 Å². The molecule has 1 aliphatic rings. The van der Waals surface area contributed by atoms with Gasteiger partial charge < -0.3 is 9.32 Å². The standard InChI is InChI=1S/C15H24N2O4S/c1-5-12-7-6-8-17(10-12)15(18)13-9-14(21-11(13)2)22(19,20)16(3)4/h9,12H,5-8,10H2,1-4H3/t12-/m0/s1. The van der Waals surface area contributed by atoms with Crippen LogP contribution in [-0.4, -0.2) is 50.7 Å². The van der Waals surface area contributed by atoms with Crippen molar-refractivity contribution in [1.82, 2.24) is 9.21 Å². The van der Waals surface area contributed by atoms with Crippen LogP contribution in [0.15, 0.2) is 15.6 Å². The van der Waals surface area contributed by atoms with E-state index in [1.165, 1.54) is 20.2 Å². The Kier molecular flexibility index (Phi) is 4.97. The Balaban J connectivity index is 2.26. The molecule has 0 bridgehead atoms. The second-order valence-electron chi connectivity index (χ2n) is 5.99. The minimum Gasteiger partial charge on any atom is -0.448 e. The zero-order chi connectivity index (χ0) is 16.5. The molecule has 1 saturated heterocycles. The summed E-state index contributed by atoms with van der Waals surface area (Å²) in [5.74, 6) is 0.735. The van der Waals surface area contributed by atoms with Crippen molar-refractivity contribution in [3.63, 3.8) is 0 Å². The van der Waals surface area contributed by atoms with Crippen LogP contribution in [0.1, 0.15) is 42.3 Å². The Bertz CT molecular complexity index is 648. The smallest absolute Gasteiger partial charge is 0.275 e. The molecule has 0 aromatic carbocycles. The normalized spacial score (nSPS) is 19.7. The number of amides is 1. The molecule has 0 spiro atoms. The molecule has 0 saturated carbocycles. The van der Waals surface area contributed by atoms with E-state index in [4.69, 9.17) is 4.42 Å². The first-order valence-corrected chi connectivity index (χ1v) is 9.03. The van der Waals surface area contributed by atoms with Crippen LogP contribution in [0.25, 0.3) is 0 Å². The molecule has 1 aromatic rings. The van der Waals surface area contributed by atoms with Crippen LogP contribution in [0.3, 0.4) is 0 Å². The second-order valence-corrected chi connectivity index (χ2v) is 8.07. The van der Waals surface area contributed by atoms with E-state index in [1.807, 2.05) is 4.90 Å². The minimum absolute atomic E-state index is 0.139. The van der Waals surface area contributed by atoms with Gasteiger partial charge >= 0.3 is 0 Å². The average molecular weight is 328 g/mol. The highest BCUT2D eigenvalue weighted by Crippen LogP contribution is 2.25. The third-order valence-corrected chi connectivity index (χ3v) is 5.92. The molecule has 0 radical (unpaired) electrons. The molecule has 1 fully saturated rings. The number of rotatable bonds is 4. The van der Waals surface area contributed by atoms with Crippen molar-refractivity contribution in [2.45, 2.75) is 38.2 Å². The predicted molar refractivity (Wildman–Crippen MR) is 83.2 cm³/mol. The van der Waals surface area contributed by atoms with E-state index in [0.29, 0.717) is 17.2 Å². The number of carbonyl (C=O) groups excluding carboxylic acids is 1. The zero-order valence-corrected chi connectivity index (χ0v) is 14.4. The van der Waals surface area contributed by atoms with Gasteiger partial charge in [-0.2, -0.15) is 0 Å². The molecule has 1 aliphatic heterocycles. The molecular formula is C15H24N2O4S. The van der Waals surface area contributed by atoms with E-state index in [2.05, 4.69) is 6.92 Å². The maximum absolute atomic E-state index is 12.6. The van der Waals surface area contributed by atoms with Gasteiger partial charge in [-0.25, -0.2) is 12.7 Å². The second kappa shape index (κ2) is 6.42. The molecule has 124 valence electrons. The third-order valence-electron chi connectivity index (χ3n) is 4.24. The van der Waals surface area contributed by atoms with E-state index in [9.17, 15) is 13.2 Å². The number of hydrogen-bond acceptors (Lipinski definition) is 4. The summed E-state index contributed by atoms with van der Waals surface area (Å²) in [7, 11) is -0.791. The highest BCUT2D eigenvalue weighted by Gasteiger charge is 2.29. The summed E-state index contributed by atoms with van der Waals surface area (Å²) in [6, 6.07) is 1.35. The number of aryl methyl sites for hydroxylation is 1. The Morgan fingerprint density at radius 2 is 2.14 bits per heavy atom. The van der Waals surface area contributed by atoms with Gasteiger partial charge in [0, 0.05) is 33.3 Å². The molecule has 0 N–H and O–H groups in total. The van der Waals surface area contributed by atoms with Gasteiger partial charge in [-0.15, -0.1) is 0 Å². The van der Waals surface area contributed by atoms with Crippen molar-refractivity contribution >= 4 is 15.9 Å². The molecule has 1 atom stereocenters. The fraction of sp³-hybridized carbons (Fsp3) is 0.667. The molecule has 22 heavy (non-hydrogen) atoms. The van der Waals surface area contributed by atoms with E-state index in [0.717, 1.165) is 36.7 Å². The number of nitrogens with zero attached hydrogens (tertiary/aromatic N) is 2. The zero-order valence-electron chi connectivity index (χ0n) is 13.6. The van der Waals surface area contributed by atoms with Crippen molar-refractivity contribution in [2.75, 3.05) is 27.2 Å².